The molecule has 0 aliphatic heterocycles. The van der Waals surface area contributed by atoms with Crippen LogP contribution in [0, 0.1) is 27.4 Å². The number of esters is 1. The lowest BCUT2D eigenvalue weighted by atomic mass is 9.98. The van der Waals surface area contributed by atoms with Gasteiger partial charge in [0.05, 0.1) is 11.5 Å². The van der Waals surface area contributed by atoms with Crippen molar-refractivity contribution >= 4 is 17.6 Å². The highest BCUT2D eigenvalue weighted by molar-refractivity contribution is 5.97. The molecule has 3 aromatic carbocycles. The highest BCUT2D eigenvalue weighted by Crippen LogP contribution is 2.20. The van der Waals surface area contributed by atoms with Crippen LogP contribution < -0.4 is 5.32 Å². The first-order valence-electron chi connectivity index (χ1n) is 12.1. The third-order valence-corrected chi connectivity index (χ3v) is 5.47. The molecule has 196 valence electrons. The molecule has 3 aromatic rings. The molecule has 1 atom stereocenters. The summed E-state index contributed by atoms with van der Waals surface area (Å²) in [5.74, 6) is 4.51. The Bertz CT molecular complexity index is 1350. The highest BCUT2D eigenvalue weighted by atomic mass is 16.6. The molecule has 8 heteroatoms. The van der Waals surface area contributed by atoms with Crippen LogP contribution in [-0.2, 0) is 16.0 Å². The lowest BCUT2D eigenvalue weighted by Crippen LogP contribution is -2.43. The van der Waals surface area contributed by atoms with Crippen molar-refractivity contribution in [2.75, 3.05) is 6.61 Å². The number of hydrogen-bond acceptors (Lipinski definition) is 6. The van der Waals surface area contributed by atoms with Gasteiger partial charge in [-0.1, -0.05) is 62.9 Å². The number of phenols is 1. The lowest BCUT2D eigenvalue weighted by molar-refractivity contribution is -0.385. The Hall–Kier alpha value is -4.64. The van der Waals surface area contributed by atoms with E-state index in [4.69, 9.17) is 4.74 Å². The van der Waals surface area contributed by atoms with Crippen LogP contribution in [0.15, 0.2) is 72.8 Å². The van der Waals surface area contributed by atoms with Gasteiger partial charge in [-0.3, -0.25) is 14.9 Å². The number of benzene rings is 3. The van der Waals surface area contributed by atoms with E-state index in [1.165, 1.54) is 30.3 Å². The van der Waals surface area contributed by atoms with E-state index in [-0.39, 0.29) is 34.6 Å². The second-order valence-electron chi connectivity index (χ2n) is 10.0. The number of ether oxygens (including phenoxy) is 1. The molecule has 0 heterocycles. The number of hydrogen-bond donors (Lipinski definition) is 2. The molecule has 0 saturated heterocycles. The maximum Gasteiger partial charge on any atom is 0.328 e. The molecule has 38 heavy (non-hydrogen) atoms. The predicted molar refractivity (Wildman–Crippen MR) is 144 cm³/mol. The van der Waals surface area contributed by atoms with E-state index in [1.54, 1.807) is 12.1 Å². The summed E-state index contributed by atoms with van der Waals surface area (Å²) in [6.07, 6.45) is 0.860. The normalized spacial score (nSPS) is 11.6. The Morgan fingerprint density at radius 2 is 1.71 bits per heavy atom. The molecule has 0 aliphatic carbocycles. The Kier molecular flexibility index (Phi) is 9.23. The Labute approximate surface area is 221 Å². The number of carbonyl (C=O) groups is 2. The number of aromatic hydroxyl groups is 1. The first-order valence-corrected chi connectivity index (χ1v) is 12.1. The number of nitro groups is 1. The van der Waals surface area contributed by atoms with Crippen LogP contribution in [0.1, 0.15) is 54.2 Å². The third-order valence-electron chi connectivity index (χ3n) is 5.47. The van der Waals surface area contributed by atoms with Gasteiger partial charge in [-0.15, -0.1) is 0 Å². The van der Waals surface area contributed by atoms with Crippen LogP contribution in [0.2, 0.25) is 0 Å². The van der Waals surface area contributed by atoms with Gasteiger partial charge in [0.1, 0.15) is 17.4 Å². The quantitative estimate of drug-likeness (QED) is 0.189. The maximum absolute atomic E-state index is 13.2. The molecule has 0 aliphatic rings. The van der Waals surface area contributed by atoms with E-state index in [0.29, 0.717) is 18.4 Å². The first-order chi connectivity index (χ1) is 18.0. The van der Waals surface area contributed by atoms with E-state index in [0.717, 1.165) is 5.56 Å². The molecule has 0 bridgehead atoms. The highest BCUT2D eigenvalue weighted by Gasteiger charge is 2.25. The molecule has 1 amide bonds. The number of nitro benzene ring substituents is 1. The van der Waals surface area contributed by atoms with Gasteiger partial charge < -0.3 is 15.2 Å². The minimum absolute atomic E-state index is 0.0480. The molecular weight excluding hydrogens is 484 g/mol. The summed E-state index contributed by atoms with van der Waals surface area (Å²) < 4.78 is 5.48. The average molecular weight is 515 g/mol. The van der Waals surface area contributed by atoms with Gasteiger partial charge in [-0.25, -0.2) is 4.79 Å². The zero-order valence-electron chi connectivity index (χ0n) is 21.6. The fourth-order valence-corrected chi connectivity index (χ4v) is 3.46. The van der Waals surface area contributed by atoms with Gasteiger partial charge in [0.2, 0.25) is 0 Å². The van der Waals surface area contributed by atoms with E-state index in [1.807, 2.05) is 51.1 Å². The number of phenolic OH excluding ortho intramolecular Hbond substituents is 1. The van der Waals surface area contributed by atoms with Crippen molar-refractivity contribution in [1.29, 1.82) is 0 Å². The summed E-state index contributed by atoms with van der Waals surface area (Å²) in [6, 6.07) is 18.6. The Morgan fingerprint density at radius 3 is 2.34 bits per heavy atom. The summed E-state index contributed by atoms with van der Waals surface area (Å²) in [4.78, 5) is 37.0. The van der Waals surface area contributed by atoms with E-state index < -0.39 is 22.8 Å². The number of carbonyl (C=O) groups excluding carboxylic acids is 2. The van der Waals surface area contributed by atoms with Crippen LogP contribution in [0.3, 0.4) is 0 Å². The minimum Gasteiger partial charge on any atom is -0.508 e. The van der Waals surface area contributed by atoms with Crippen molar-refractivity contribution in [3.05, 3.63) is 105 Å². The summed E-state index contributed by atoms with van der Waals surface area (Å²) in [5.41, 5.74) is 1.23. The molecule has 3 rings (SSSR count). The largest absolute Gasteiger partial charge is 0.508 e. The van der Waals surface area contributed by atoms with Crippen molar-refractivity contribution < 1.29 is 24.4 Å². The van der Waals surface area contributed by atoms with Crippen LogP contribution in [0.5, 0.6) is 5.75 Å². The number of nitrogens with zero attached hydrogens (tertiary/aromatic N) is 1. The molecule has 0 fully saturated rings. The van der Waals surface area contributed by atoms with Gasteiger partial charge >= 0.3 is 5.97 Å². The van der Waals surface area contributed by atoms with Crippen molar-refractivity contribution in [2.45, 2.75) is 39.7 Å². The predicted octanol–water partition coefficient (Wildman–Crippen LogP) is 5.02. The topological polar surface area (TPSA) is 119 Å². The number of rotatable bonds is 8. The zero-order valence-corrected chi connectivity index (χ0v) is 21.6. The van der Waals surface area contributed by atoms with Gasteiger partial charge in [-0.05, 0) is 60.2 Å². The van der Waals surface area contributed by atoms with Crippen LogP contribution in [0.4, 0.5) is 5.69 Å². The smallest absolute Gasteiger partial charge is 0.328 e. The van der Waals surface area contributed by atoms with Crippen LogP contribution in [0.25, 0.3) is 0 Å². The number of amides is 1. The molecule has 8 nitrogen and oxygen atoms in total. The van der Waals surface area contributed by atoms with Crippen molar-refractivity contribution in [2.24, 2.45) is 5.41 Å². The molecule has 0 radical (unpaired) electrons. The zero-order chi connectivity index (χ0) is 27.7. The third kappa shape index (κ3) is 8.49. The van der Waals surface area contributed by atoms with Crippen molar-refractivity contribution in [1.82, 2.24) is 5.32 Å². The van der Waals surface area contributed by atoms with Crippen LogP contribution >= 0.6 is 0 Å². The average Bonchev–Trinajstić information content (AvgIpc) is 2.89. The summed E-state index contributed by atoms with van der Waals surface area (Å²) in [6.45, 7) is 6.01. The van der Waals surface area contributed by atoms with E-state index in [2.05, 4.69) is 17.2 Å². The first kappa shape index (κ1) is 27.9. The summed E-state index contributed by atoms with van der Waals surface area (Å²) >= 11 is 0. The molecule has 0 saturated carbocycles. The Balaban J connectivity index is 1.83. The SMILES string of the molecule is CC(C)(C)COC(=O)[C@H](CCc1ccccc1)NC(=O)c1ccc([N+](=O)[O-])c(C#Cc2ccc(O)cc2)c1. The van der Waals surface area contributed by atoms with Gasteiger partial charge in [0.25, 0.3) is 11.6 Å². The standard InChI is InChI=1S/C30H30N2O6/c1-30(2,3)20-38-29(35)26(17-12-21-7-5-4-6-8-21)31-28(34)24-14-18-27(32(36)37)23(19-24)13-9-22-10-15-25(33)16-11-22/h4-8,10-11,14-16,18-19,26,33H,12,17,20H2,1-3H3,(H,31,34)/t26-/m0/s1. The molecular formula is C30H30N2O6. The molecule has 0 unspecified atom stereocenters. The fourth-order valence-electron chi connectivity index (χ4n) is 3.46. The molecule has 2 N–H and O–H groups in total. The molecule has 0 aromatic heterocycles. The van der Waals surface area contributed by atoms with Gasteiger partial charge in [0, 0.05) is 17.2 Å². The summed E-state index contributed by atoms with van der Waals surface area (Å²) in [7, 11) is 0. The minimum atomic E-state index is -0.910. The monoisotopic (exact) mass is 514 g/mol. The second-order valence-corrected chi connectivity index (χ2v) is 10.0. The van der Waals surface area contributed by atoms with Gasteiger partial charge in [-0.2, -0.15) is 0 Å². The number of nitrogens with one attached hydrogen (secondary N) is 1. The lowest BCUT2D eigenvalue weighted by Gasteiger charge is -2.22. The summed E-state index contributed by atoms with van der Waals surface area (Å²) in [5, 5.41) is 23.7. The fraction of sp³-hybridized carbons (Fsp3) is 0.267. The molecule has 0 spiro atoms. The van der Waals surface area contributed by atoms with E-state index in [9.17, 15) is 24.8 Å². The van der Waals surface area contributed by atoms with E-state index >= 15 is 0 Å². The van der Waals surface area contributed by atoms with Gasteiger partial charge in [0.15, 0.2) is 0 Å². The van der Waals surface area contributed by atoms with Crippen molar-refractivity contribution in [3.63, 3.8) is 0 Å². The van der Waals surface area contributed by atoms with Crippen LogP contribution in [-0.4, -0.2) is 34.6 Å². The second kappa shape index (κ2) is 12.5. The maximum atomic E-state index is 13.2. The Morgan fingerprint density at radius 1 is 1.03 bits per heavy atom. The number of aryl methyl sites for hydroxylation is 1. The van der Waals surface area contributed by atoms with Crippen molar-refractivity contribution in [3.8, 4) is 17.6 Å².